The number of hydrogen-bond acceptors (Lipinski definition) is 2. The average molecular weight is 278 g/mol. The molecule has 2 aliphatic carbocycles. The van der Waals surface area contributed by atoms with Gasteiger partial charge in [-0.2, -0.15) is 0 Å². The van der Waals surface area contributed by atoms with Crippen LogP contribution in [0.15, 0.2) is 0 Å². The summed E-state index contributed by atoms with van der Waals surface area (Å²) in [5.74, 6) is 0.467. The van der Waals surface area contributed by atoms with E-state index in [2.05, 4.69) is 34.6 Å². The lowest BCUT2D eigenvalue weighted by atomic mass is 9.43. The summed E-state index contributed by atoms with van der Waals surface area (Å²) in [6.45, 7) is 12.0. The molecule has 2 saturated carbocycles. The standard InChI is InChI=1S/C18H30O2/c1-14(2)8-6-9-15(3)13(14)7-10-16(4)18(15)12-11-17(5,19-16)20-18/h13H,6-12H2,1-5H3. The summed E-state index contributed by atoms with van der Waals surface area (Å²) in [5, 5.41) is 0. The first-order valence-electron chi connectivity index (χ1n) is 8.57. The number of hydrogen-bond donors (Lipinski definition) is 0. The van der Waals surface area contributed by atoms with E-state index in [4.69, 9.17) is 9.47 Å². The fraction of sp³-hybridized carbons (Fsp3) is 1.00. The summed E-state index contributed by atoms with van der Waals surface area (Å²) in [4.78, 5) is 0. The third kappa shape index (κ3) is 1.30. The highest BCUT2D eigenvalue weighted by molar-refractivity contribution is 5.23. The maximum atomic E-state index is 6.70. The van der Waals surface area contributed by atoms with E-state index in [1.807, 2.05) is 0 Å². The molecule has 2 aliphatic heterocycles. The largest absolute Gasteiger partial charge is 0.341 e. The molecule has 1 spiro atoms. The van der Waals surface area contributed by atoms with Crippen molar-refractivity contribution in [1.82, 2.24) is 0 Å². The fourth-order valence-corrected chi connectivity index (χ4v) is 6.87. The molecule has 114 valence electrons. The lowest BCUT2D eigenvalue weighted by Gasteiger charge is -2.64. The molecule has 2 heterocycles. The van der Waals surface area contributed by atoms with E-state index in [1.54, 1.807) is 0 Å². The van der Waals surface area contributed by atoms with Crippen LogP contribution in [0.5, 0.6) is 0 Å². The van der Waals surface area contributed by atoms with Gasteiger partial charge in [-0.3, -0.25) is 0 Å². The van der Waals surface area contributed by atoms with Gasteiger partial charge in [0.05, 0.1) is 5.60 Å². The van der Waals surface area contributed by atoms with Gasteiger partial charge in [0, 0.05) is 11.8 Å². The lowest BCUT2D eigenvalue weighted by Crippen LogP contribution is -2.68. The second-order valence-electron chi connectivity index (χ2n) is 9.25. The highest BCUT2D eigenvalue weighted by atomic mass is 16.8. The normalized spacial score (nSPS) is 60.1. The predicted octanol–water partition coefficient (Wildman–Crippen LogP) is 4.67. The van der Waals surface area contributed by atoms with E-state index in [0.717, 1.165) is 12.3 Å². The van der Waals surface area contributed by atoms with E-state index in [0.29, 0.717) is 5.41 Å². The molecule has 2 bridgehead atoms. The van der Waals surface area contributed by atoms with Crippen LogP contribution in [0, 0.1) is 16.7 Å². The quantitative estimate of drug-likeness (QED) is 0.641. The van der Waals surface area contributed by atoms with Crippen LogP contribution in [0.25, 0.3) is 0 Å². The van der Waals surface area contributed by atoms with E-state index in [9.17, 15) is 0 Å². The first-order valence-corrected chi connectivity index (χ1v) is 8.57. The van der Waals surface area contributed by atoms with Gasteiger partial charge in [-0.1, -0.05) is 27.2 Å². The SMILES string of the molecule is CC12CCC3(O1)C(C)(CCC1C(C)(C)CCCC13C)O2. The fourth-order valence-electron chi connectivity index (χ4n) is 6.87. The summed E-state index contributed by atoms with van der Waals surface area (Å²) in [7, 11) is 0. The maximum absolute atomic E-state index is 6.70. The van der Waals surface area contributed by atoms with Gasteiger partial charge in [0.2, 0.25) is 0 Å². The van der Waals surface area contributed by atoms with E-state index in [1.165, 1.54) is 38.5 Å². The van der Waals surface area contributed by atoms with Crippen molar-refractivity contribution >= 4 is 0 Å². The third-order valence-electron chi connectivity index (χ3n) is 7.68. The molecule has 2 saturated heterocycles. The Labute approximate surface area is 123 Å². The first kappa shape index (κ1) is 13.6. The summed E-state index contributed by atoms with van der Waals surface area (Å²) < 4.78 is 13.2. The van der Waals surface area contributed by atoms with Gasteiger partial charge < -0.3 is 9.47 Å². The molecule has 0 aromatic carbocycles. The van der Waals surface area contributed by atoms with Crippen molar-refractivity contribution in [3.05, 3.63) is 0 Å². The van der Waals surface area contributed by atoms with Gasteiger partial charge in [0.1, 0.15) is 5.60 Å². The van der Waals surface area contributed by atoms with Crippen LogP contribution < -0.4 is 0 Å². The molecule has 0 amide bonds. The summed E-state index contributed by atoms with van der Waals surface area (Å²) in [5.41, 5.74) is 0.651. The molecular weight excluding hydrogens is 248 g/mol. The molecule has 0 N–H and O–H groups in total. The van der Waals surface area contributed by atoms with Gasteiger partial charge in [-0.15, -0.1) is 0 Å². The van der Waals surface area contributed by atoms with Crippen molar-refractivity contribution in [3.63, 3.8) is 0 Å². The number of ether oxygens (including phenoxy) is 2. The zero-order valence-electron chi connectivity index (χ0n) is 13.8. The molecule has 0 radical (unpaired) electrons. The third-order valence-corrected chi connectivity index (χ3v) is 7.68. The summed E-state index contributed by atoms with van der Waals surface area (Å²) in [6.07, 6.45) is 8.79. The van der Waals surface area contributed by atoms with Crippen molar-refractivity contribution in [3.8, 4) is 0 Å². The Bertz CT molecular complexity index is 458. The minimum absolute atomic E-state index is 0.0324. The molecule has 5 unspecified atom stereocenters. The van der Waals surface area contributed by atoms with Crippen LogP contribution in [0.3, 0.4) is 0 Å². The smallest absolute Gasteiger partial charge is 0.167 e. The molecule has 5 atom stereocenters. The zero-order valence-corrected chi connectivity index (χ0v) is 13.8. The highest BCUT2D eigenvalue weighted by Crippen LogP contribution is 2.72. The monoisotopic (exact) mass is 278 g/mol. The number of rotatable bonds is 0. The molecule has 4 rings (SSSR count). The van der Waals surface area contributed by atoms with Crippen LogP contribution >= 0.6 is 0 Å². The van der Waals surface area contributed by atoms with Gasteiger partial charge in [0.15, 0.2) is 5.79 Å². The van der Waals surface area contributed by atoms with E-state index in [-0.39, 0.29) is 22.4 Å². The minimum Gasteiger partial charge on any atom is -0.341 e. The molecule has 0 aromatic heterocycles. The van der Waals surface area contributed by atoms with Crippen LogP contribution in [0.2, 0.25) is 0 Å². The molecule has 2 heteroatoms. The molecular formula is C18H30O2. The van der Waals surface area contributed by atoms with Crippen molar-refractivity contribution in [2.24, 2.45) is 16.7 Å². The van der Waals surface area contributed by atoms with E-state index >= 15 is 0 Å². The molecule has 2 nitrogen and oxygen atoms in total. The van der Waals surface area contributed by atoms with Gasteiger partial charge in [-0.25, -0.2) is 0 Å². The van der Waals surface area contributed by atoms with Crippen LogP contribution in [0.1, 0.15) is 79.6 Å². The van der Waals surface area contributed by atoms with Crippen molar-refractivity contribution in [2.75, 3.05) is 0 Å². The van der Waals surface area contributed by atoms with E-state index < -0.39 is 0 Å². The Hall–Kier alpha value is -0.0800. The van der Waals surface area contributed by atoms with Crippen molar-refractivity contribution in [2.45, 2.75) is 96.6 Å². The van der Waals surface area contributed by atoms with Crippen LogP contribution in [0.4, 0.5) is 0 Å². The molecule has 4 fully saturated rings. The molecule has 0 aromatic rings. The Balaban J connectivity index is 1.85. The maximum Gasteiger partial charge on any atom is 0.167 e. The van der Waals surface area contributed by atoms with Crippen LogP contribution in [-0.4, -0.2) is 17.0 Å². The van der Waals surface area contributed by atoms with Gasteiger partial charge in [-0.05, 0) is 57.3 Å². The highest BCUT2D eigenvalue weighted by Gasteiger charge is 2.77. The molecule has 20 heavy (non-hydrogen) atoms. The summed E-state index contributed by atoms with van der Waals surface area (Å²) >= 11 is 0. The Kier molecular flexibility index (Phi) is 2.35. The second-order valence-corrected chi connectivity index (χ2v) is 9.25. The zero-order chi connectivity index (χ0) is 14.4. The Morgan fingerprint density at radius 3 is 2.25 bits per heavy atom. The van der Waals surface area contributed by atoms with Crippen molar-refractivity contribution < 1.29 is 9.47 Å². The van der Waals surface area contributed by atoms with Gasteiger partial charge >= 0.3 is 0 Å². The molecule has 4 aliphatic rings. The second kappa shape index (κ2) is 3.46. The average Bonchev–Trinajstić information content (AvgIpc) is 2.76. The number of fused-ring (bicyclic) bond motifs is 2. The predicted molar refractivity (Wildman–Crippen MR) is 79.4 cm³/mol. The first-order chi connectivity index (χ1) is 9.17. The van der Waals surface area contributed by atoms with Crippen LogP contribution in [-0.2, 0) is 9.47 Å². The Morgan fingerprint density at radius 1 is 0.800 bits per heavy atom. The minimum atomic E-state index is -0.311. The summed E-state index contributed by atoms with van der Waals surface area (Å²) in [6, 6.07) is 0. The topological polar surface area (TPSA) is 18.5 Å². The van der Waals surface area contributed by atoms with Gasteiger partial charge in [0.25, 0.3) is 0 Å². The Morgan fingerprint density at radius 2 is 1.55 bits per heavy atom. The van der Waals surface area contributed by atoms with Crippen molar-refractivity contribution in [1.29, 1.82) is 0 Å². The lowest BCUT2D eigenvalue weighted by molar-refractivity contribution is -0.216.